The van der Waals surface area contributed by atoms with Gasteiger partial charge < -0.3 is 10.6 Å². The van der Waals surface area contributed by atoms with Crippen molar-refractivity contribution in [2.24, 2.45) is 5.73 Å². The Hall–Kier alpha value is -1.35. The van der Waals surface area contributed by atoms with Gasteiger partial charge in [-0.25, -0.2) is 0 Å². The second kappa shape index (κ2) is 10.4. The van der Waals surface area contributed by atoms with Crippen LogP contribution in [0.3, 0.4) is 0 Å². The lowest BCUT2D eigenvalue weighted by Gasteiger charge is -2.29. The average molecular weight is 290 g/mol. The van der Waals surface area contributed by atoms with Crippen molar-refractivity contribution in [2.45, 2.75) is 65.0 Å². The number of amides is 1. The normalized spacial score (nSPS) is 12.1. The minimum atomic E-state index is 0.279. The molecule has 0 saturated carbocycles. The summed E-state index contributed by atoms with van der Waals surface area (Å²) in [5.74, 6) is 0.279. The van der Waals surface area contributed by atoms with Gasteiger partial charge in [-0.3, -0.25) is 4.79 Å². The highest BCUT2D eigenvalue weighted by Gasteiger charge is 2.18. The SMILES string of the molecule is CCC(C)N(Cc1ccccc1)C(=O)CCCCCCN. The van der Waals surface area contributed by atoms with Gasteiger partial charge in [0, 0.05) is 19.0 Å². The summed E-state index contributed by atoms with van der Waals surface area (Å²) in [5.41, 5.74) is 6.69. The van der Waals surface area contributed by atoms with Gasteiger partial charge >= 0.3 is 0 Å². The Labute approximate surface area is 129 Å². The zero-order chi connectivity index (χ0) is 15.5. The molecule has 1 atom stereocenters. The third kappa shape index (κ3) is 6.76. The molecule has 0 spiro atoms. The Morgan fingerprint density at radius 2 is 1.81 bits per heavy atom. The number of nitrogens with two attached hydrogens (primary N) is 1. The monoisotopic (exact) mass is 290 g/mol. The number of hydrogen-bond acceptors (Lipinski definition) is 2. The molecular formula is C18H30N2O. The van der Waals surface area contributed by atoms with E-state index < -0.39 is 0 Å². The predicted molar refractivity (Wildman–Crippen MR) is 88.9 cm³/mol. The van der Waals surface area contributed by atoms with Crippen LogP contribution in [0.2, 0.25) is 0 Å². The van der Waals surface area contributed by atoms with E-state index in [-0.39, 0.29) is 5.91 Å². The van der Waals surface area contributed by atoms with Gasteiger partial charge in [0.2, 0.25) is 5.91 Å². The van der Waals surface area contributed by atoms with Crippen molar-refractivity contribution in [2.75, 3.05) is 6.54 Å². The molecule has 118 valence electrons. The molecule has 1 aromatic rings. The Balaban J connectivity index is 2.50. The lowest BCUT2D eigenvalue weighted by atomic mass is 10.1. The molecule has 1 amide bonds. The first-order valence-corrected chi connectivity index (χ1v) is 8.22. The van der Waals surface area contributed by atoms with E-state index in [1.165, 1.54) is 5.56 Å². The number of hydrogen-bond donors (Lipinski definition) is 1. The van der Waals surface area contributed by atoms with Gasteiger partial charge in [0.25, 0.3) is 0 Å². The van der Waals surface area contributed by atoms with Gasteiger partial charge in [-0.1, -0.05) is 50.1 Å². The Morgan fingerprint density at radius 3 is 2.43 bits per heavy atom. The van der Waals surface area contributed by atoms with Crippen LogP contribution in [0, 0.1) is 0 Å². The first-order valence-electron chi connectivity index (χ1n) is 8.22. The highest BCUT2D eigenvalue weighted by molar-refractivity contribution is 5.76. The Bertz CT molecular complexity index is 391. The van der Waals surface area contributed by atoms with Crippen molar-refractivity contribution in [3.8, 4) is 0 Å². The smallest absolute Gasteiger partial charge is 0.223 e. The van der Waals surface area contributed by atoms with E-state index in [1.54, 1.807) is 0 Å². The quantitative estimate of drug-likeness (QED) is 0.667. The molecule has 0 bridgehead atoms. The maximum absolute atomic E-state index is 12.5. The molecule has 1 rings (SSSR count). The molecule has 0 saturated heterocycles. The third-order valence-electron chi connectivity index (χ3n) is 3.98. The summed E-state index contributed by atoms with van der Waals surface area (Å²) < 4.78 is 0. The minimum Gasteiger partial charge on any atom is -0.336 e. The van der Waals surface area contributed by atoms with Crippen molar-refractivity contribution < 1.29 is 4.79 Å². The van der Waals surface area contributed by atoms with E-state index in [1.807, 2.05) is 23.1 Å². The minimum absolute atomic E-state index is 0.279. The van der Waals surface area contributed by atoms with Crippen LogP contribution in [0.5, 0.6) is 0 Å². The number of carbonyl (C=O) groups excluding carboxylic acids is 1. The maximum atomic E-state index is 12.5. The zero-order valence-electron chi connectivity index (χ0n) is 13.6. The van der Waals surface area contributed by atoms with Crippen LogP contribution < -0.4 is 5.73 Å². The summed E-state index contributed by atoms with van der Waals surface area (Å²) in [6.45, 7) is 5.74. The van der Waals surface area contributed by atoms with E-state index in [4.69, 9.17) is 5.73 Å². The van der Waals surface area contributed by atoms with Gasteiger partial charge in [-0.2, -0.15) is 0 Å². The molecule has 3 nitrogen and oxygen atoms in total. The summed E-state index contributed by atoms with van der Waals surface area (Å²) in [6, 6.07) is 10.5. The van der Waals surface area contributed by atoms with E-state index >= 15 is 0 Å². The molecule has 0 heterocycles. The number of benzene rings is 1. The molecule has 0 aromatic heterocycles. The third-order valence-corrected chi connectivity index (χ3v) is 3.98. The number of carbonyl (C=O) groups is 1. The van der Waals surface area contributed by atoms with Crippen LogP contribution in [-0.2, 0) is 11.3 Å². The predicted octanol–water partition coefficient (Wildman–Crippen LogP) is 3.72. The molecule has 0 aliphatic rings. The summed E-state index contributed by atoms with van der Waals surface area (Å²) in [7, 11) is 0. The van der Waals surface area contributed by atoms with Crippen LogP contribution in [0.15, 0.2) is 30.3 Å². The van der Waals surface area contributed by atoms with Crippen LogP contribution in [0.25, 0.3) is 0 Å². The van der Waals surface area contributed by atoms with E-state index in [0.29, 0.717) is 12.5 Å². The van der Waals surface area contributed by atoms with E-state index in [0.717, 1.165) is 45.2 Å². The van der Waals surface area contributed by atoms with E-state index in [2.05, 4.69) is 26.0 Å². The molecule has 3 heteroatoms. The average Bonchev–Trinajstić information content (AvgIpc) is 2.52. The highest BCUT2D eigenvalue weighted by Crippen LogP contribution is 2.14. The van der Waals surface area contributed by atoms with Crippen LogP contribution in [0.1, 0.15) is 57.9 Å². The van der Waals surface area contributed by atoms with Gasteiger partial charge in [-0.05, 0) is 38.3 Å². The number of nitrogens with zero attached hydrogens (tertiary/aromatic N) is 1. The fraction of sp³-hybridized carbons (Fsp3) is 0.611. The summed E-state index contributed by atoms with van der Waals surface area (Å²) in [4.78, 5) is 14.5. The van der Waals surface area contributed by atoms with Crippen LogP contribution >= 0.6 is 0 Å². The highest BCUT2D eigenvalue weighted by atomic mass is 16.2. The first-order chi connectivity index (χ1) is 10.2. The first kappa shape index (κ1) is 17.7. The summed E-state index contributed by atoms with van der Waals surface area (Å²) >= 11 is 0. The molecule has 21 heavy (non-hydrogen) atoms. The second-order valence-corrected chi connectivity index (χ2v) is 5.72. The molecule has 0 fully saturated rings. The fourth-order valence-electron chi connectivity index (χ4n) is 2.41. The molecule has 2 N–H and O–H groups in total. The zero-order valence-corrected chi connectivity index (χ0v) is 13.6. The van der Waals surface area contributed by atoms with Crippen molar-refractivity contribution in [1.82, 2.24) is 4.90 Å². The van der Waals surface area contributed by atoms with E-state index in [9.17, 15) is 4.79 Å². The lowest BCUT2D eigenvalue weighted by molar-refractivity contribution is -0.134. The van der Waals surface area contributed by atoms with Gasteiger partial charge in [-0.15, -0.1) is 0 Å². The summed E-state index contributed by atoms with van der Waals surface area (Å²) in [6.07, 6.45) is 5.91. The second-order valence-electron chi connectivity index (χ2n) is 5.72. The van der Waals surface area contributed by atoms with Gasteiger partial charge in [0.1, 0.15) is 0 Å². The largest absolute Gasteiger partial charge is 0.336 e. The molecule has 0 radical (unpaired) electrons. The molecular weight excluding hydrogens is 260 g/mol. The van der Waals surface area contributed by atoms with Gasteiger partial charge in [0.05, 0.1) is 0 Å². The van der Waals surface area contributed by atoms with Crippen LogP contribution in [-0.4, -0.2) is 23.4 Å². The fourth-order valence-corrected chi connectivity index (χ4v) is 2.41. The molecule has 0 aliphatic carbocycles. The van der Waals surface area contributed by atoms with Crippen molar-refractivity contribution in [3.05, 3.63) is 35.9 Å². The maximum Gasteiger partial charge on any atom is 0.223 e. The molecule has 1 unspecified atom stereocenters. The summed E-state index contributed by atoms with van der Waals surface area (Å²) in [5, 5.41) is 0. The topological polar surface area (TPSA) is 46.3 Å². The number of unbranched alkanes of at least 4 members (excludes halogenated alkanes) is 3. The number of rotatable bonds is 10. The van der Waals surface area contributed by atoms with Crippen molar-refractivity contribution >= 4 is 5.91 Å². The standard InChI is InChI=1S/C18H30N2O/c1-3-16(2)20(15-17-11-7-6-8-12-17)18(21)13-9-4-5-10-14-19/h6-8,11-12,16H,3-5,9-10,13-15,19H2,1-2H3. The van der Waals surface area contributed by atoms with Gasteiger partial charge in [0.15, 0.2) is 0 Å². The van der Waals surface area contributed by atoms with Crippen LogP contribution in [0.4, 0.5) is 0 Å². The Kier molecular flexibility index (Phi) is 8.76. The molecule has 0 aliphatic heterocycles. The lowest BCUT2D eigenvalue weighted by Crippen LogP contribution is -2.37. The van der Waals surface area contributed by atoms with Crippen molar-refractivity contribution in [1.29, 1.82) is 0 Å². The molecule has 1 aromatic carbocycles. The Morgan fingerprint density at radius 1 is 1.14 bits per heavy atom. The van der Waals surface area contributed by atoms with Crippen molar-refractivity contribution in [3.63, 3.8) is 0 Å².